The molecule has 0 fully saturated rings. The average Bonchev–Trinajstić information content (AvgIpc) is 2.88. The molecule has 0 spiro atoms. The monoisotopic (exact) mass is 607 g/mol. The van der Waals surface area contributed by atoms with Gasteiger partial charge in [-0.3, -0.25) is 19.2 Å². The van der Waals surface area contributed by atoms with Crippen LogP contribution in [-0.4, -0.2) is 83.8 Å². The van der Waals surface area contributed by atoms with Crippen molar-refractivity contribution in [2.45, 2.75) is 96.7 Å². The second-order valence-electron chi connectivity index (χ2n) is 11.6. The van der Waals surface area contributed by atoms with Gasteiger partial charge in [0, 0.05) is 6.42 Å². The molecule has 7 N–H and O–H groups in total. The maximum absolute atomic E-state index is 13.4. The molecule has 14 heteroatoms. The molecule has 43 heavy (non-hydrogen) atoms. The first-order valence-electron chi connectivity index (χ1n) is 13.9. The Morgan fingerprint density at radius 3 is 1.86 bits per heavy atom. The summed E-state index contributed by atoms with van der Waals surface area (Å²) in [5.74, 6) is -4.36. The van der Waals surface area contributed by atoms with E-state index in [-0.39, 0.29) is 18.8 Å². The number of benzene rings is 1. The summed E-state index contributed by atoms with van der Waals surface area (Å²) in [6.45, 7) is 9.73. The zero-order valence-electron chi connectivity index (χ0n) is 25.8. The summed E-state index contributed by atoms with van der Waals surface area (Å²) in [6.07, 6.45) is -2.74. The smallest absolute Gasteiger partial charge is 0.408 e. The Morgan fingerprint density at radius 1 is 0.837 bits per heavy atom. The van der Waals surface area contributed by atoms with Gasteiger partial charge in [-0.2, -0.15) is 0 Å². The van der Waals surface area contributed by atoms with Crippen LogP contribution >= 0.6 is 0 Å². The van der Waals surface area contributed by atoms with Gasteiger partial charge in [-0.1, -0.05) is 44.2 Å². The van der Waals surface area contributed by atoms with Crippen LogP contribution in [0.1, 0.15) is 59.9 Å². The Morgan fingerprint density at radius 2 is 1.37 bits per heavy atom. The molecule has 14 nitrogen and oxygen atoms in total. The van der Waals surface area contributed by atoms with Gasteiger partial charge in [0.05, 0.1) is 19.6 Å². The Kier molecular flexibility index (Phi) is 14.6. The minimum atomic E-state index is -1.49. The molecule has 1 rings (SSSR count). The Labute approximate surface area is 251 Å². The van der Waals surface area contributed by atoms with Crippen LogP contribution in [0.2, 0.25) is 0 Å². The number of alkyl carbamates (subject to hydrolysis) is 1. The van der Waals surface area contributed by atoms with E-state index >= 15 is 0 Å². The molecule has 0 unspecified atom stereocenters. The fourth-order valence-electron chi connectivity index (χ4n) is 3.94. The first kappa shape index (κ1) is 36.8. The molecule has 0 bridgehead atoms. The normalized spacial score (nSPS) is 14.7. The molecule has 0 aromatic heterocycles. The van der Waals surface area contributed by atoms with Gasteiger partial charge in [-0.15, -0.1) is 0 Å². The third-order valence-electron chi connectivity index (χ3n) is 5.90. The molecule has 5 atom stereocenters. The van der Waals surface area contributed by atoms with Crippen molar-refractivity contribution >= 4 is 35.7 Å². The zero-order chi connectivity index (χ0) is 32.9. The molecule has 1 aromatic carbocycles. The Balaban J connectivity index is 3.14. The maximum atomic E-state index is 13.4. The number of methoxy groups -OCH3 is 1. The lowest BCUT2D eigenvalue weighted by molar-refractivity contribution is -0.145. The van der Waals surface area contributed by atoms with Crippen LogP contribution in [0, 0.1) is 5.92 Å². The van der Waals surface area contributed by atoms with Gasteiger partial charge in [0.1, 0.15) is 29.8 Å². The Bertz CT molecular complexity index is 1120. The van der Waals surface area contributed by atoms with E-state index in [9.17, 15) is 33.9 Å². The standard InChI is InChI=1S/C29H45N5O9/c1-16(2)13-19(32-26(39)23(17(3)35)34-28(41)43-29(4,5)6)24(37)31-20(15-22(30)36)25(38)33-21(27(40)42-7)14-18-11-9-8-10-12-18/h8-12,16-17,19-21,23,35H,13-15H2,1-7H3,(H2,30,36)(H,31,37)(H,32,39)(H,33,38)(H,34,41)/t17-,19+,20+,21+,23+/m1/s1. The predicted octanol–water partition coefficient (Wildman–Crippen LogP) is 0.0521. The second kappa shape index (κ2) is 17.0. The third kappa shape index (κ3) is 14.0. The highest BCUT2D eigenvalue weighted by atomic mass is 16.6. The molecule has 0 radical (unpaired) electrons. The van der Waals surface area contributed by atoms with E-state index in [0.29, 0.717) is 0 Å². The summed E-state index contributed by atoms with van der Waals surface area (Å²) in [7, 11) is 1.16. The summed E-state index contributed by atoms with van der Waals surface area (Å²) in [6, 6.07) is 3.47. The fourth-order valence-corrected chi connectivity index (χ4v) is 3.94. The fraction of sp³-hybridized carbons (Fsp3) is 0.586. The van der Waals surface area contributed by atoms with E-state index in [4.69, 9.17) is 15.2 Å². The Hall–Kier alpha value is -4.20. The highest BCUT2D eigenvalue weighted by Crippen LogP contribution is 2.10. The molecule has 0 aliphatic carbocycles. The molecule has 0 saturated carbocycles. The minimum absolute atomic E-state index is 0.0773. The van der Waals surface area contributed by atoms with Gasteiger partial charge in [0.15, 0.2) is 0 Å². The summed E-state index contributed by atoms with van der Waals surface area (Å²) in [5, 5.41) is 19.9. The number of nitrogens with one attached hydrogen (secondary N) is 4. The lowest BCUT2D eigenvalue weighted by Crippen LogP contribution is -2.60. The van der Waals surface area contributed by atoms with Crippen LogP contribution < -0.4 is 27.0 Å². The molecular weight excluding hydrogens is 562 g/mol. The van der Waals surface area contributed by atoms with E-state index in [0.717, 1.165) is 12.7 Å². The van der Waals surface area contributed by atoms with Crippen molar-refractivity contribution in [2.75, 3.05) is 7.11 Å². The zero-order valence-corrected chi connectivity index (χ0v) is 25.8. The van der Waals surface area contributed by atoms with Gasteiger partial charge in [-0.25, -0.2) is 9.59 Å². The number of rotatable bonds is 15. The van der Waals surface area contributed by atoms with Crippen molar-refractivity contribution < 1.29 is 43.3 Å². The van der Waals surface area contributed by atoms with Crippen molar-refractivity contribution in [1.82, 2.24) is 21.3 Å². The number of carbonyl (C=O) groups is 6. The number of primary amides is 1. The average molecular weight is 608 g/mol. The van der Waals surface area contributed by atoms with E-state index in [1.54, 1.807) is 65.0 Å². The number of amides is 5. The molecule has 5 amide bonds. The number of hydrogen-bond donors (Lipinski definition) is 6. The van der Waals surface area contributed by atoms with E-state index in [1.165, 1.54) is 6.92 Å². The first-order valence-corrected chi connectivity index (χ1v) is 13.9. The molecule has 0 saturated heterocycles. The molecule has 1 aromatic rings. The van der Waals surface area contributed by atoms with Crippen LogP contribution in [-0.2, 0) is 39.9 Å². The SMILES string of the molecule is COC(=O)[C@H](Cc1ccccc1)NC(=O)[C@H](CC(N)=O)NC(=O)[C@H](CC(C)C)NC(=O)[C@@H](NC(=O)OC(C)(C)C)[C@@H](C)O. The first-order chi connectivity index (χ1) is 19.9. The largest absolute Gasteiger partial charge is 0.467 e. The quantitative estimate of drug-likeness (QED) is 0.148. The summed E-state index contributed by atoms with van der Waals surface area (Å²) in [5.41, 5.74) is 5.19. The summed E-state index contributed by atoms with van der Waals surface area (Å²) in [4.78, 5) is 76.1. The molecule has 0 aliphatic rings. The van der Waals surface area contributed by atoms with Crippen LogP contribution in [0.25, 0.3) is 0 Å². The van der Waals surface area contributed by atoms with Crippen LogP contribution in [0.15, 0.2) is 30.3 Å². The number of ether oxygens (including phenoxy) is 2. The lowest BCUT2D eigenvalue weighted by Gasteiger charge is -2.28. The van der Waals surface area contributed by atoms with Gasteiger partial charge < -0.3 is 41.6 Å². The lowest BCUT2D eigenvalue weighted by atomic mass is 10.0. The van der Waals surface area contributed by atoms with Crippen molar-refractivity contribution in [1.29, 1.82) is 0 Å². The van der Waals surface area contributed by atoms with E-state index in [2.05, 4.69) is 21.3 Å². The van der Waals surface area contributed by atoms with Crippen molar-refractivity contribution in [2.24, 2.45) is 11.7 Å². The predicted molar refractivity (Wildman–Crippen MR) is 156 cm³/mol. The van der Waals surface area contributed by atoms with Crippen LogP contribution in [0.3, 0.4) is 0 Å². The number of aliphatic hydroxyl groups is 1. The van der Waals surface area contributed by atoms with E-state index < -0.39 is 78.0 Å². The molecule has 240 valence electrons. The van der Waals surface area contributed by atoms with Gasteiger partial charge >= 0.3 is 12.1 Å². The molecular formula is C29H45N5O9. The summed E-state index contributed by atoms with van der Waals surface area (Å²) >= 11 is 0. The highest BCUT2D eigenvalue weighted by molar-refractivity contribution is 5.96. The number of carbonyl (C=O) groups excluding carboxylic acids is 6. The number of aliphatic hydroxyl groups excluding tert-OH is 1. The van der Waals surface area contributed by atoms with Crippen LogP contribution in [0.4, 0.5) is 4.79 Å². The van der Waals surface area contributed by atoms with E-state index in [1.807, 2.05) is 0 Å². The summed E-state index contributed by atoms with van der Waals surface area (Å²) < 4.78 is 9.96. The van der Waals surface area contributed by atoms with Gasteiger partial charge in [0.25, 0.3) is 0 Å². The van der Waals surface area contributed by atoms with Gasteiger partial charge in [0.2, 0.25) is 23.6 Å². The molecule has 0 aliphatic heterocycles. The number of hydrogen-bond acceptors (Lipinski definition) is 9. The maximum Gasteiger partial charge on any atom is 0.408 e. The highest BCUT2D eigenvalue weighted by Gasteiger charge is 2.34. The topological polar surface area (TPSA) is 215 Å². The number of esters is 1. The molecule has 0 heterocycles. The van der Waals surface area contributed by atoms with Crippen molar-refractivity contribution in [3.63, 3.8) is 0 Å². The van der Waals surface area contributed by atoms with Crippen LogP contribution in [0.5, 0.6) is 0 Å². The number of nitrogens with two attached hydrogens (primary N) is 1. The van der Waals surface area contributed by atoms with Crippen molar-refractivity contribution in [3.05, 3.63) is 35.9 Å². The second-order valence-corrected chi connectivity index (χ2v) is 11.6. The van der Waals surface area contributed by atoms with Gasteiger partial charge in [-0.05, 0) is 45.6 Å². The van der Waals surface area contributed by atoms with Crippen molar-refractivity contribution in [3.8, 4) is 0 Å². The minimum Gasteiger partial charge on any atom is -0.467 e. The third-order valence-corrected chi connectivity index (χ3v) is 5.90.